The Labute approximate surface area is 158 Å². The van der Waals surface area contributed by atoms with Crippen LogP contribution in [0.3, 0.4) is 0 Å². The molecule has 0 bridgehead atoms. The summed E-state index contributed by atoms with van der Waals surface area (Å²) in [6.07, 6.45) is 0. The van der Waals surface area contributed by atoms with Gasteiger partial charge in [0.05, 0.1) is 17.7 Å². The summed E-state index contributed by atoms with van der Waals surface area (Å²) in [6.45, 7) is 1.87. The van der Waals surface area contributed by atoms with Crippen molar-refractivity contribution in [1.29, 1.82) is 0 Å². The Bertz CT molecular complexity index is 1040. The van der Waals surface area contributed by atoms with Gasteiger partial charge in [-0.15, -0.1) is 10.2 Å². The van der Waals surface area contributed by atoms with Gasteiger partial charge in [-0.05, 0) is 30.7 Å². The van der Waals surface area contributed by atoms with E-state index in [1.165, 1.54) is 0 Å². The average molecular weight is 378 g/mol. The SMILES string of the molecule is Cc1ccccc1C(=O)Nc1nnc(CN2C(=O)c3ccccc3C2=O)s1. The van der Waals surface area contributed by atoms with Crippen molar-refractivity contribution in [1.82, 2.24) is 15.1 Å². The van der Waals surface area contributed by atoms with E-state index in [2.05, 4.69) is 15.5 Å². The van der Waals surface area contributed by atoms with E-state index in [9.17, 15) is 14.4 Å². The van der Waals surface area contributed by atoms with Crippen LogP contribution in [-0.4, -0.2) is 32.8 Å². The number of imide groups is 1. The number of hydrogen-bond donors (Lipinski definition) is 1. The zero-order valence-corrected chi connectivity index (χ0v) is 15.1. The summed E-state index contributed by atoms with van der Waals surface area (Å²) in [4.78, 5) is 38.3. The maximum atomic E-state index is 12.4. The number of hydrogen-bond acceptors (Lipinski definition) is 6. The van der Waals surface area contributed by atoms with Crippen molar-refractivity contribution in [2.75, 3.05) is 5.32 Å². The Morgan fingerprint density at radius 2 is 1.63 bits per heavy atom. The first-order valence-corrected chi connectivity index (χ1v) is 9.01. The second kappa shape index (κ2) is 6.73. The van der Waals surface area contributed by atoms with Crippen molar-refractivity contribution < 1.29 is 14.4 Å². The fourth-order valence-electron chi connectivity index (χ4n) is 2.88. The number of aryl methyl sites for hydroxylation is 1. The molecule has 1 aromatic heterocycles. The van der Waals surface area contributed by atoms with E-state index in [1.807, 2.05) is 19.1 Å². The molecular formula is C19H14N4O3S. The quantitative estimate of drug-likeness (QED) is 0.705. The lowest BCUT2D eigenvalue weighted by Crippen LogP contribution is -2.29. The molecule has 27 heavy (non-hydrogen) atoms. The van der Waals surface area contributed by atoms with Crippen LogP contribution in [0.15, 0.2) is 48.5 Å². The summed E-state index contributed by atoms with van der Waals surface area (Å²) >= 11 is 1.13. The van der Waals surface area contributed by atoms with Crippen LogP contribution in [0.2, 0.25) is 0 Å². The van der Waals surface area contributed by atoms with Crippen LogP contribution in [0.4, 0.5) is 5.13 Å². The van der Waals surface area contributed by atoms with E-state index in [1.54, 1.807) is 36.4 Å². The van der Waals surface area contributed by atoms with Crippen molar-refractivity contribution in [3.8, 4) is 0 Å². The topological polar surface area (TPSA) is 92.3 Å². The Kier molecular flexibility index (Phi) is 4.25. The highest BCUT2D eigenvalue weighted by Gasteiger charge is 2.35. The van der Waals surface area contributed by atoms with Crippen LogP contribution in [0.5, 0.6) is 0 Å². The number of rotatable bonds is 4. The van der Waals surface area contributed by atoms with E-state index < -0.39 is 0 Å². The fraction of sp³-hybridized carbons (Fsp3) is 0.105. The molecule has 8 heteroatoms. The highest BCUT2D eigenvalue weighted by Crippen LogP contribution is 2.26. The minimum Gasteiger partial charge on any atom is -0.296 e. The molecule has 7 nitrogen and oxygen atoms in total. The van der Waals surface area contributed by atoms with Gasteiger partial charge in [-0.1, -0.05) is 41.7 Å². The lowest BCUT2D eigenvalue weighted by atomic mass is 10.1. The third-order valence-electron chi connectivity index (χ3n) is 4.25. The van der Waals surface area contributed by atoms with Crippen LogP contribution < -0.4 is 5.32 Å². The van der Waals surface area contributed by atoms with Gasteiger partial charge in [0.2, 0.25) is 5.13 Å². The van der Waals surface area contributed by atoms with Gasteiger partial charge in [-0.3, -0.25) is 24.6 Å². The summed E-state index contributed by atoms with van der Waals surface area (Å²) in [7, 11) is 0. The lowest BCUT2D eigenvalue weighted by Gasteiger charge is -2.10. The number of aromatic nitrogens is 2. The van der Waals surface area contributed by atoms with Gasteiger partial charge >= 0.3 is 0 Å². The van der Waals surface area contributed by atoms with Gasteiger partial charge < -0.3 is 0 Å². The van der Waals surface area contributed by atoms with Crippen molar-refractivity contribution in [3.05, 3.63) is 75.8 Å². The molecule has 3 aromatic rings. The second-order valence-corrected chi connectivity index (χ2v) is 7.07. The molecule has 0 spiro atoms. The van der Waals surface area contributed by atoms with Gasteiger partial charge in [0.25, 0.3) is 17.7 Å². The minimum absolute atomic E-state index is 0.0181. The Hall–Kier alpha value is -3.39. The second-order valence-electron chi connectivity index (χ2n) is 6.01. The van der Waals surface area contributed by atoms with Crippen LogP contribution >= 0.6 is 11.3 Å². The van der Waals surface area contributed by atoms with Crippen molar-refractivity contribution in [3.63, 3.8) is 0 Å². The number of amides is 3. The van der Waals surface area contributed by atoms with Gasteiger partial charge in [0, 0.05) is 5.56 Å². The number of fused-ring (bicyclic) bond motifs is 1. The maximum Gasteiger partial charge on any atom is 0.261 e. The van der Waals surface area contributed by atoms with Crippen molar-refractivity contribution in [2.45, 2.75) is 13.5 Å². The third kappa shape index (κ3) is 3.11. The molecule has 0 radical (unpaired) electrons. The molecule has 4 rings (SSSR count). The Morgan fingerprint density at radius 1 is 1.00 bits per heavy atom. The average Bonchev–Trinajstić information content (AvgIpc) is 3.21. The van der Waals surface area contributed by atoms with Crippen molar-refractivity contribution in [2.24, 2.45) is 0 Å². The van der Waals surface area contributed by atoms with E-state index in [0.717, 1.165) is 21.8 Å². The largest absolute Gasteiger partial charge is 0.296 e. The molecule has 0 fully saturated rings. The van der Waals surface area contributed by atoms with E-state index in [-0.39, 0.29) is 24.3 Å². The lowest BCUT2D eigenvalue weighted by molar-refractivity contribution is 0.0641. The highest BCUT2D eigenvalue weighted by atomic mass is 32.1. The molecule has 2 heterocycles. The number of anilines is 1. The Balaban J connectivity index is 1.48. The third-order valence-corrected chi connectivity index (χ3v) is 5.07. The van der Waals surface area contributed by atoms with E-state index in [0.29, 0.717) is 26.8 Å². The molecule has 1 aliphatic rings. The van der Waals surface area contributed by atoms with Crippen molar-refractivity contribution >= 4 is 34.2 Å². The number of nitrogens with one attached hydrogen (secondary N) is 1. The molecule has 3 amide bonds. The predicted octanol–water partition coefficient (Wildman–Crippen LogP) is 2.90. The van der Waals surface area contributed by atoms with Crippen LogP contribution in [-0.2, 0) is 6.54 Å². The smallest absolute Gasteiger partial charge is 0.261 e. The molecule has 1 aliphatic heterocycles. The van der Waals surface area contributed by atoms with Gasteiger partial charge in [-0.25, -0.2) is 0 Å². The predicted molar refractivity (Wildman–Crippen MR) is 99.7 cm³/mol. The summed E-state index contributed by atoms with van der Waals surface area (Å²) in [5.41, 5.74) is 2.18. The first kappa shape index (κ1) is 17.0. The van der Waals surface area contributed by atoms with Gasteiger partial charge in [-0.2, -0.15) is 0 Å². The maximum absolute atomic E-state index is 12.4. The standard InChI is InChI=1S/C19H14N4O3S/c1-11-6-2-3-7-12(11)16(24)20-19-22-21-15(27-19)10-23-17(25)13-8-4-5-9-14(13)18(23)26/h2-9H,10H2,1H3,(H,20,22,24). The summed E-state index contributed by atoms with van der Waals surface area (Å²) in [5.74, 6) is -0.982. The molecule has 0 unspecified atom stereocenters. The molecule has 1 N–H and O–H groups in total. The van der Waals surface area contributed by atoms with E-state index in [4.69, 9.17) is 0 Å². The molecule has 0 saturated carbocycles. The molecule has 0 atom stereocenters. The zero-order valence-electron chi connectivity index (χ0n) is 14.3. The summed E-state index contributed by atoms with van der Waals surface area (Å²) in [6, 6.07) is 13.9. The fourth-order valence-corrected chi connectivity index (χ4v) is 3.60. The molecule has 134 valence electrons. The minimum atomic E-state index is -0.351. The molecule has 0 aliphatic carbocycles. The zero-order chi connectivity index (χ0) is 19.0. The molecular weight excluding hydrogens is 364 g/mol. The number of benzene rings is 2. The first-order valence-electron chi connectivity index (χ1n) is 8.19. The van der Waals surface area contributed by atoms with E-state index >= 15 is 0 Å². The summed E-state index contributed by atoms with van der Waals surface area (Å²) in [5, 5.41) is 11.4. The first-order chi connectivity index (χ1) is 13.0. The van der Waals surface area contributed by atoms with Crippen LogP contribution in [0, 0.1) is 6.92 Å². The normalized spacial score (nSPS) is 13.0. The number of carbonyl (C=O) groups is 3. The molecule has 0 saturated heterocycles. The van der Waals surface area contributed by atoms with Crippen LogP contribution in [0.1, 0.15) is 41.6 Å². The summed E-state index contributed by atoms with van der Waals surface area (Å²) < 4.78 is 0. The Morgan fingerprint density at radius 3 is 2.30 bits per heavy atom. The highest BCUT2D eigenvalue weighted by molar-refractivity contribution is 7.15. The molecule has 2 aromatic carbocycles. The number of carbonyl (C=O) groups excluding carboxylic acids is 3. The van der Waals surface area contributed by atoms with Gasteiger partial charge in [0.15, 0.2) is 0 Å². The van der Waals surface area contributed by atoms with Gasteiger partial charge in [0.1, 0.15) is 5.01 Å². The van der Waals surface area contributed by atoms with Crippen LogP contribution in [0.25, 0.3) is 0 Å². The number of nitrogens with zero attached hydrogens (tertiary/aromatic N) is 3. The monoisotopic (exact) mass is 378 g/mol.